The first kappa shape index (κ1) is 15.4. The molecule has 0 aromatic heterocycles. The van der Waals surface area contributed by atoms with Gasteiger partial charge in [-0.3, -0.25) is 0 Å². The van der Waals surface area contributed by atoms with Crippen molar-refractivity contribution in [2.45, 2.75) is 6.04 Å². The van der Waals surface area contributed by atoms with Gasteiger partial charge in [0.05, 0.1) is 5.75 Å². The van der Waals surface area contributed by atoms with Gasteiger partial charge in [0, 0.05) is 23.8 Å². The minimum Gasteiger partial charge on any atom is -0.323 e. The van der Waals surface area contributed by atoms with Crippen LogP contribution in [0.15, 0.2) is 42.5 Å². The molecule has 2 aromatic carbocycles. The molecule has 0 radical (unpaired) electrons. The fourth-order valence-electron chi connectivity index (χ4n) is 1.96. The van der Waals surface area contributed by atoms with Gasteiger partial charge < -0.3 is 5.73 Å². The van der Waals surface area contributed by atoms with E-state index in [1.165, 1.54) is 17.0 Å². The zero-order chi connectivity index (χ0) is 14.6. The lowest BCUT2D eigenvalue weighted by Gasteiger charge is -2.12. The normalized spacial score (nSPS) is 13.5. The largest absolute Gasteiger partial charge is 0.323 e. The molecule has 2 N–H and O–H groups in total. The van der Waals surface area contributed by atoms with Crippen molar-refractivity contribution in [2.75, 3.05) is 23.5 Å². The highest BCUT2D eigenvalue weighted by Gasteiger charge is 2.08. The fraction of sp³-hybridized carbons (Fsp3) is 0.333. The average molecular weight is 309 g/mol. The number of fused-ring (bicyclic) bond motifs is 1. The summed E-state index contributed by atoms with van der Waals surface area (Å²) < 4.78 is 22.1. The van der Waals surface area contributed by atoms with Crippen LogP contribution in [-0.4, -0.2) is 31.9 Å². The summed E-state index contributed by atoms with van der Waals surface area (Å²) in [4.78, 5) is 0. The Bertz CT molecular complexity index is 683. The van der Waals surface area contributed by atoms with E-state index >= 15 is 0 Å². The van der Waals surface area contributed by atoms with Crippen LogP contribution in [0.25, 0.3) is 10.8 Å². The van der Waals surface area contributed by atoms with E-state index in [0.717, 1.165) is 11.3 Å². The molecule has 2 aromatic rings. The number of nitrogens with two attached hydrogens (primary N) is 1. The van der Waals surface area contributed by atoms with E-state index in [4.69, 9.17) is 5.73 Å². The third kappa shape index (κ3) is 4.51. The van der Waals surface area contributed by atoms with Crippen molar-refractivity contribution in [1.82, 2.24) is 0 Å². The predicted octanol–water partition coefficient (Wildman–Crippen LogP) is 2.62. The van der Waals surface area contributed by atoms with E-state index in [9.17, 15) is 8.42 Å². The van der Waals surface area contributed by atoms with Crippen LogP contribution in [-0.2, 0) is 9.84 Å². The fourth-order valence-corrected chi connectivity index (χ4v) is 4.25. The highest BCUT2D eigenvalue weighted by atomic mass is 32.2. The highest BCUT2D eigenvalue weighted by Crippen LogP contribution is 2.21. The SMILES string of the molecule is CS(=O)(=O)CCSCC(N)c1ccc2ccccc2c1. The van der Waals surface area contributed by atoms with Gasteiger partial charge in [-0.1, -0.05) is 36.4 Å². The Morgan fingerprint density at radius 2 is 1.85 bits per heavy atom. The second-order valence-electron chi connectivity index (χ2n) is 4.92. The minimum atomic E-state index is -2.88. The van der Waals surface area contributed by atoms with Crippen LogP contribution in [0.5, 0.6) is 0 Å². The molecular formula is C15H19NO2S2. The maximum absolute atomic E-state index is 11.0. The standard InChI is InChI=1S/C15H19NO2S2/c1-20(17,18)9-8-19-11-15(16)14-7-6-12-4-2-3-5-13(12)10-14/h2-7,10,15H,8-9,11,16H2,1H3. The zero-order valence-corrected chi connectivity index (χ0v) is 13.1. The second-order valence-corrected chi connectivity index (χ2v) is 8.33. The number of benzene rings is 2. The number of sulfone groups is 1. The summed E-state index contributed by atoms with van der Waals surface area (Å²) in [5.74, 6) is 1.54. The van der Waals surface area contributed by atoms with Crippen LogP contribution in [0.1, 0.15) is 11.6 Å². The van der Waals surface area contributed by atoms with Crippen LogP contribution < -0.4 is 5.73 Å². The molecule has 0 saturated heterocycles. The Morgan fingerprint density at radius 1 is 1.15 bits per heavy atom. The van der Waals surface area contributed by atoms with Crippen molar-refractivity contribution in [3.8, 4) is 0 Å². The third-order valence-corrected chi connectivity index (χ3v) is 5.39. The zero-order valence-electron chi connectivity index (χ0n) is 11.5. The molecule has 108 valence electrons. The first-order valence-electron chi connectivity index (χ1n) is 6.45. The third-order valence-electron chi connectivity index (χ3n) is 3.10. The molecule has 1 unspecified atom stereocenters. The summed E-state index contributed by atoms with van der Waals surface area (Å²) in [6, 6.07) is 14.3. The van der Waals surface area contributed by atoms with Gasteiger partial charge in [0.2, 0.25) is 0 Å². The van der Waals surface area contributed by atoms with Crippen LogP contribution in [0.2, 0.25) is 0 Å². The van der Waals surface area contributed by atoms with E-state index < -0.39 is 9.84 Å². The van der Waals surface area contributed by atoms with Gasteiger partial charge in [-0.05, 0) is 22.4 Å². The van der Waals surface area contributed by atoms with Crippen molar-refractivity contribution in [3.63, 3.8) is 0 Å². The average Bonchev–Trinajstić information content (AvgIpc) is 2.42. The van der Waals surface area contributed by atoms with Crippen LogP contribution in [0.4, 0.5) is 0 Å². The molecule has 0 aliphatic carbocycles. The summed E-state index contributed by atoms with van der Waals surface area (Å²) >= 11 is 1.58. The lowest BCUT2D eigenvalue weighted by Crippen LogP contribution is -2.14. The first-order valence-corrected chi connectivity index (χ1v) is 9.67. The van der Waals surface area contributed by atoms with Gasteiger partial charge in [0.15, 0.2) is 0 Å². The lowest BCUT2D eigenvalue weighted by atomic mass is 10.0. The molecule has 20 heavy (non-hydrogen) atoms. The van der Waals surface area contributed by atoms with E-state index in [2.05, 4.69) is 24.3 Å². The summed E-state index contributed by atoms with van der Waals surface area (Å²) in [6.45, 7) is 0. The molecule has 0 amide bonds. The van der Waals surface area contributed by atoms with Crippen molar-refractivity contribution in [2.24, 2.45) is 5.73 Å². The summed E-state index contributed by atoms with van der Waals surface area (Å²) in [5, 5.41) is 2.38. The van der Waals surface area contributed by atoms with Gasteiger partial charge in [-0.2, -0.15) is 11.8 Å². The lowest BCUT2D eigenvalue weighted by molar-refractivity contribution is 0.603. The Kier molecular flexibility index (Phi) is 5.07. The van der Waals surface area contributed by atoms with E-state index in [1.54, 1.807) is 11.8 Å². The van der Waals surface area contributed by atoms with Crippen LogP contribution >= 0.6 is 11.8 Å². The van der Waals surface area contributed by atoms with Crippen molar-refractivity contribution >= 4 is 32.4 Å². The first-order chi connectivity index (χ1) is 9.46. The Labute approximate surface area is 124 Å². The number of hydrogen-bond acceptors (Lipinski definition) is 4. The van der Waals surface area contributed by atoms with Gasteiger partial charge in [0.1, 0.15) is 9.84 Å². The molecule has 0 aliphatic rings. The topological polar surface area (TPSA) is 60.2 Å². The minimum absolute atomic E-state index is 0.0656. The number of thioether (sulfide) groups is 1. The van der Waals surface area contributed by atoms with Crippen molar-refractivity contribution in [3.05, 3.63) is 48.0 Å². The monoisotopic (exact) mass is 309 g/mol. The number of hydrogen-bond donors (Lipinski definition) is 1. The Hall–Kier alpha value is -1.04. The molecule has 2 rings (SSSR count). The molecule has 0 fully saturated rings. The molecule has 3 nitrogen and oxygen atoms in total. The molecule has 5 heteroatoms. The van der Waals surface area contributed by atoms with Crippen LogP contribution in [0, 0.1) is 0 Å². The molecular weight excluding hydrogens is 290 g/mol. The van der Waals surface area contributed by atoms with Gasteiger partial charge in [0.25, 0.3) is 0 Å². The summed E-state index contributed by atoms with van der Waals surface area (Å²) in [6.07, 6.45) is 1.26. The predicted molar refractivity (Wildman–Crippen MR) is 87.9 cm³/mol. The van der Waals surface area contributed by atoms with E-state index in [0.29, 0.717) is 5.75 Å². The molecule has 0 bridgehead atoms. The van der Waals surface area contributed by atoms with Gasteiger partial charge in [-0.15, -0.1) is 0 Å². The second kappa shape index (κ2) is 6.61. The highest BCUT2D eigenvalue weighted by molar-refractivity contribution is 8.00. The summed E-state index contributed by atoms with van der Waals surface area (Å²) in [7, 11) is -2.88. The number of rotatable bonds is 6. The molecule has 0 heterocycles. The molecule has 0 spiro atoms. The van der Waals surface area contributed by atoms with E-state index in [-0.39, 0.29) is 11.8 Å². The van der Waals surface area contributed by atoms with E-state index in [1.807, 2.05) is 18.2 Å². The summed E-state index contributed by atoms with van der Waals surface area (Å²) in [5.41, 5.74) is 7.26. The van der Waals surface area contributed by atoms with Gasteiger partial charge >= 0.3 is 0 Å². The Balaban J connectivity index is 1.95. The maximum atomic E-state index is 11.0. The molecule has 1 atom stereocenters. The van der Waals surface area contributed by atoms with Crippen LogP contribution in [0.3, 0.4) is 0 Å². The molecule has 0 aliphatic heterocycles. The Morgan fingerprint density at radius 3 is 2.55 bits per heavy atom. The van der Waals surface area contributed by atoms with Crippen molar-refractivity contribution in [1.29, 1.82) is 0 Å². The smallest absolute Gasteiger partial charge is 0.148 e. The quantitative estimate of drug-likeness (QED) is 0.833. The maximum Gasteiger partial charge on any atom is 0.148 e. The van der Waals surface area contributed by atoms with Crippen molar-refractivity contribution < 1.29 is 8.42 Å². The van der Waals surface area contributed by atoms with Gasteiger partial charge in [-0.25, -0.2) is 8.42 Å². The molecule has 0 saturated carbocycles.